The van der Waals surface area contributed by atoms with Crippen molar-refractivity contribution in [1.29, 1.82) is 0 Å². The van der Waals surface area contributed by atoms with Crippen LogP contribution >= 0.6 is 11.3 Å². The van der Waals surface area contributed by atoms with Crippen molar-refractivity contribution in [3.8, 4) is 0 Å². The third kappa shape index (κ3) is 3.87. The Balaban J connectivity index is 2.05. The first-order valence-electron chi connectivity index (χ1n) is 6.08. The van der Waals surface area contributed by atoms with Crippen LogP contribution in [-0.2, 0) is 16.6 Å². The van der Waals surface area contributed by atoms with E-state index in [1.165, 1.54) is 13.1 Å². The lowest BCUT2D eigenvalue weighted by Gasteiger charge is -2.04. The maximum atomic E-state index is 13.0. The molecule has 0 radical (unpaired) electrons. The van der Waals surface area contributed by atoms with E-state index in [9.17, 15) is 22.0 Å². The number of hydrogen-bond donors (Lipinski definition) is 2. The predicted octanol–water partition coefficient (Wildman–Crippen LogP) is 1.86. The van der Waals surface area contributed by atoms with Crippen LogP contribution in [0.2, 0.25) is 0 Å². The van der Waals surface area contributed by atoms with E-state index < -0.39 is 27.6 Å². The van der Waals surface area contributed by atoms with E-state index in [-0.39, 0.29) is 16.3 Å². The van der Waals surface area contributed by atoms with Gasteiger partial charge in [-0.05, 0) is 31.3 Å². The highest BCUT2D eigenvalue weighted by Gasteiger charge is 2.15. The molecule has 2 aromatic rings. The van der Waals surface area contributed by atoms with Crippen molar-refractivity contribution < 1.29 is 22.0 Å². The molecule has 5 nitrogen and oxygen atoms in total. The van der Waals surface area contributed by atoms with E-state index in [0.29, 0.717) is 10.9 Å². The summed E-state index contributed by atoms with van der Waals surface area (Å²) in [5.74, 6) is -2.34. The summed E-state index contributed by atoms with van der Waals surface area (Å²) in [5, 5.41) is 2.48. The Morgan fingerprint density at radius 2 is 1.82 bits per heavy atom. The maximum absolute atomic E-state index is 13.0. The van der Waals surface area contributed by atoms with Crippen LogP contribution in [0.25, 0.3) is 0 Å². The molecule has 0 fully saturated rings. The third-order valence-corrected chi connectivity index (χ3v) is 5.71. The topological polar surface area (TPSA) is 75.3 Å². The SMILES string of the molecule is CNS(=O)(=O)c1ccc(CNC(=O)c2cc(F)cc(F)c2)s1. The van der Waals surface area contributed by atoms with Gasteiger partial charge in [0.2, 0.25) is 10.0 Å². The number of carbonyl (C=O) groups is 1. The van der Waals surface area contributed by atoms with Gasteiger partial charge >= 0.3 is 0 Å². The minimum atomic E-state index is -3.52. The van der Waals surface area contributed by atoms with Gasteiger partial charge in [0.05, 0.1) is 6.54 Å². The summed E-state index contributed by atoms with van der Waals surface area (Å²) < 4.78 is 51.5. The zero-order chi connectivity index (χ0) is 16.3. The van der Waals surface area contributed by atoms with E-state index in [2.05, 4.69) is 10.0 Å². The van der Waals surface area contributed by atoms with Crippen LogP contribution in [0.4, 0.5) is 8.78 Å². The molecule has 1 amide bonds. The van der Waals surface area contributed by atoms with E-state index in [4.69, 9.17) is 0 Å². The van der Waals surface area contributed by atoms with Gasteiger partial charge in [0.15, 0.2) is 0 Å². The van der Waals surface area contributed by atoms with Gasteiger partial charge in [0.25, 0.3) is 5.91 Å². The summed E-state index contributed by atoms with van der Waals surface area (Å²) in [4.78, 5) is 12.4. The van der Waals surface area contributed by atoms with E-state index in [0.717, 1.165) is 23.5 Å². The van der Waals surface area contributed by atoms with Gasteiger partial charge in [-0.2, -0.15) is 0 Å². The molecule has 0 unspecified atom stereocenters. The van der Waals surface area contributed by atoms with Crippen LogP contribution in [0.1, 0.15) is 15.2 Å². The van der Waals surface area contributed by atoms with Crippen LogP contribution in [0.3, 0.4) is 0 Å². The normalized spacial score (nSPS) is 11.4. The number of halogens is 2. The summed E-state index contributed by atoms with van der Waals surface area (Å²) in [6.45, 7) is 0.0564. The maximum Gasteiger partial charge on any atom is 0.251 e. The van der Waals surface area contributed by atoms with Crippen molar-refractivity contribution in [1.82, 2.24) is 10.0 Å². The molecule has 1 aromatic carbocycles. The summed E-state index contributed by atoms with van der Waals surface area (Å²) in [6.07, 6.45) is 0. The molecule has 0 aliphatic carbocycles. The second-order valence-electron chi connectivity index (χ2n) is 4.27. The zero-order valence-electron chi connectivity index (χ0n) is 11.4. The highest BCUT2D eigenvalue weighted by Crippen LogP contribution is 2.21. The summed E-state index contributed by atoms with van der Waals surface area (Å²) >= 11 is 0.995. The van der Waals surface area contributed by atoms with Crippen LogP contribution in [0.15, 0.2) is 34.5 Å². The molecule has 0 saturated carbocycles. The summed E-state index contributed by atoms with van der Waals surface area (Å²) in [5.41, 5.74) is -0.142. The lowest BCUT2D eigenvalue weighted by molar-refractivity contribution is 0.0950. The molecule has 1 heterocycles. The zero-order valence-corrected chi connectivity index (χ0v) is 13.0. The number of benzene rings is 1. The van der Waals surface area contributed by atoms with Crippen molar-refractivity contribution in [3.05, 3.63) is 52.4 Å². The van der Waals surface area contributed by atoms with Crippen LogP contribution < -0.4 is 10.0 Å². The first-order chi connectivity index (χ1) is 10.3. The molecule has 2 rings (SSSR count). The Bertz CT molecular complexity index is 783. The fourth-order valence-electron chi connectivity index (χ4n) is 1.65. The number of rotatable bonds is 5. The van der Waals surface area contributed by atoms with Crippen molar-refractivity contribution in [2.24, 2.45) is 0 Å². The predicted molar refractivity (Wildman–Crippen MR) is 78.1 cm³/mol. The lowest BCUT2D eigenvalue weighted by Crippen LogP contribution is -2.22. The average molecular weight is 346 g/mol. The van der Waals surface area contributed by atoms with Crippen LogP contribution in [0, 0.1) is 11.6 Å². The quantitative estimate of drug-likeness (QED) is 0.868. The molecule has 0 saturated heterocycles. The molecule has 118 valence electrons. The number of sulfonamides is 1. The Morgan fingerprint density at radius 3 is 2.41 bits per heavy atom. The molecular formula is C13H12F2N2O3S2. The Kier molecular flexibility index (Phi) is 4.89. The van der Waals surface area contributed by atoms with Gasteiger partial charge < -0.3 is 5.32 Å². The molecule has 0 aliphatic heterocycles. The number of nitrogens with one attached hydrogen (secondary N) is 2. The molecule has 9 heteroatoms. The summed E-state index contributed by atoms with van der Waals surface area (Å²) in [7, 11) is -2.22. The second kappa shape index (κ2) is 6.51. The first-order valence-corrected chi connectivity index (χ1v) is 8.38. The number of thiophene rings is 1. The number of carbonyl (C=O) groups excluding carboxylic acids is 1. The first kappa shape index (κ1) is 16.5. The number of hydrogen-bond acceptors (Lipinski definition) is 4. The van der Waals surface area contributed by atoms with Gasteiger partial charge in [-0.15, -0.1) is 11.3 Å². The molecule has 0 spiro atoms. The highest BCUT2D eigenvalue weighted by atomic mass is 32.2. The molecule has 0 atom stereocenters. The lowest BCUT2D eigenvalue weighted by atomic mass is 10.2. The van der Waals surface area contributed by atoms with Crippen LogP contribution in [-0.4, -0.2) is 21.4 Å². The molecule has 0 aliphatic rings. The van der Waals surface area contributed by atoms with E-state index in [1.54, 1.807) is 6.07 Å². The third-order valence-electron chi connectivity index (χ3n) is 2.72. The van der Waals surface area contributed by atoms with Gasteiger partial charge in [-0.25, -0.2) is 21.9 Å². The molecular weight excluding hydrogens is 334 g/mol. The Hall–Kier alpha value is -1.84. The molecule has 2 N–H and O–H groups in total. The fraction of sp³-hybridized carbons (Fsp3) is 0.154. The number of amides is 1. The van der Waals surface area contributed by atoms with Gasteiger partial charge in [-0.3, -0.25) is 4.79 Å². The minimum absolute atomic E-state index is 0.0564. The fourth-order valence-corrected chi connectivity index (χ4v) is 3.79. The van der Waals surface area contributed by atoms with Crippen molar-refractivity contribution in [3.63, 3.8) is 0 Å². The molecule has 22 heavy (non-hydrogen) atoms. The molecule has 0 bridgehead atoms. The van der Waals surface area contributed by atoms with E-state index >= 15 is 0 Å². The largest absolute Gasteiger partial charge is 0.347 e. The van der Waals surface area contributed by atoms with Gasteiger partial charge in [0.1, 0.15) is 15.8 Å². The van der Waals surface area contributed by atoms with E-state index in [1.807, 2.05) is 0 Å². The monoisotopic (exact) mass is 346 g/mol. The minimum Gasteiger partial charge on any atom is -0.347 e. The summed E-state index contributed by atoms with van der Waals surface area (Å²) in [6, 6.07) is 5.49. The smallest absolute Gasteiger partial charge is 0.251 e. The highest BCUT2D eigenvalue weighted by molar-refractivity contribution is 7.91. The van der Waals surface area contributed by atoms with Crippen molar-refractivity contribution in [2.45, 2.75) is 10.8 Å². The standard InChI is InChI=1S/C13H12F2N2O3S2/c1-16-22(19,20)12-3-2-11(21-12)7-17-13(18)8-4-9(14)6-10(15)5-8/h2-6,16H,7H2,1H3,(H,17,18). The van der Waals surface area contributed by atoms with Crippen molar-refractivity contribution >= 4 is 27.3 Å². The average Bonchev–Trinajstić information content (AvgIpc) is 2.93. The Labute approximate surface area is 130 Å². The van der Waals surface area contributed by atoms with Crippen LogP contribution in [0.5, 0.6) is 0 Å². The Morgan fingerprint density at radius 1 is 1.18 bits per heavy atom. The second-order valence-corrected chi connectivity index (χ2v) is 7.55. The van der Waals surface area contributed by atoms with Crippen molar-refractivity contribution in [2.75, 3.05) is 7.05 Å². The van der Waals surface area contributed by atoms with Gasteiger partial charge in [0, 0.05) is 16.5 Å². The van der Waals surface area contributed by atoms with Gasteiger partial charge in [-0.1, -0.05) is 0 Å². The molecule has 1 aromatic heterocycles.